The number of amides is 2. The third-order valence-electron chi connectivity index (χ3n) is 7.05. The van der Waals surface area contributed by atoms with Crippen molar-refractivity contribution in [2.24, 2.45) is 0 Å². The van der Waals surface area contributed by atoms with Crippen molar-refractivity contribution >= 4 is 43.1 Å². The SMILES string of the molecule is CN1C(=O)N(C)[C@H](CP(c2ccccc2)c2ccccc2)[C@H]1CP(c1ccccc1)c1ccccc1. The van der Waals surface area contributed by atoms with Gasteiger partial charge in [0.25, 0.3) is 0 Å². The van der Waals surface area contributed by atoms with E-state index < -0.39 is 15.8 Å². The number of urea groups is 1. The molecule has 36 heavy (non-hydrogen) atoms. The van der Waals surface area contributed by atoms with E-state index in [9.17, 15) is 4.79 Å². The highest BCUT2D eigenvalue weighted by Gasteiger charge is 2.44. The van der Waals surface area contributed by atoms with Crippen LogP contribution in [0.3, 0.4) is 0 Å². The maximum absolute atomic E-state index is 13.3. The normalized spacial score (nSPS) is 17.8. The van der Waals surface area contributed by atoms with Crippen molar-refractivity contribution in [3.05, 3.63) is 121 Å². The van der Waals surface area contributed by atoms with Crippen molar-refractivity contribution in [3.8, 4) is 0 Å². The zero-order valence-corrected chi connectivity index (χ0v) is 22.6. The summed E-state index contributed by atoms with van der Waals surface area (Å²) in [6, 6.07) is 43.7. The number of likely N-dealkylation sites (N-methyl/N-ethyl adjacent to an activating group) is 2. The molecule has 1 fully saturated rings. The fraction of sp³-hybridized carbons (Fsp3) is 0.194. The molecule has 182 valence electrons. The van der Waals surface area contributed by atoms with Crippen molar-refractivity contribution in [1.29, 1.82) is 0 Å². The summed E-state index contributed by atoms with van der Waals surface area (Å²) < 4.78 is 0. The van der Waals surface area contributed by atoms with E-state index in [0.717, 1.165) is 12.3 Å². The molecule has 1 saturated heterocycles. The van der Waals surface area contributed by atoms with Gasteiger partial charge in [0.15, 0.2) is 0 Å². The average molecular weight is 511 g/mol. The largest absolute Gasteiger partial charge is 0.322 e. The molecule has 0 aromatic heterocycles. The van der Waals surface area contributed by atoms with E-state index in [2.05, 4.69) is 121 Å². The van der Waals surface area contributed by atoms with E-state index in [1.54, 1.807) is 0 Å². The van der Waals surface area contributed by atoms with Crippen molar-refractivity contribution in [2.45, 2.75) is 12.1 Å². The van der Waals surface area contributed by atoms with Crippen molar-refractivity contribution in [2.75, 3.05) is 26.4 Å². The summed E-state index contributed by atoms with van der Waals surface area (Å²) in [7, 11) is 2.77. The Hall–Kier alpha value is -2.99. The monoisotopic (exact) mass is 510 g/mol. The van der Waals surface area contributed by atoms with Gasteiger partial charge in [0.1, 0.15) is 0 Å². The summed E-state index contributed by atoms with van der Waals surface area (Å²) in [5, 5.41) is 5.45. The van der Waals surface area contributed by atoms with Gasteiger partial charge in [-0.2, -0.15) is 0 Å². The maximum atomic E-state index is 13.3. The second-order valence-electron chi connectivity index (χ2n) is 9.20. The van der Waals surface area contributed by atoms with Crippen LogP contribution in [0.25, 0.3) is 0 Å². The predicted octanol–water partition coefficient (Wildman–Crippen LogP) is 4.99. The Morgan fingerprint density at radius 3 is 1.00 bits per heavy atom. The number of carbonyl (C=O) groups is 1. The molecule has 3 nitrogen and oxygen atoms in total. The molecule has 2 amide bonds. The molecule has 0 aliphatic carbocycles. The molecule has 1 aliphatic rings. The first-order valence-electron chi connectivity index (χ1n) is 12.4. The zero-order chi connectivity index (χ0) is 24.9. The topological polar surface area (TPSA) is 23.6 Å². The summed E-state index contributed by atoms with van der Waals surface area (Å²) in [5.41, 5.74) is 0. The van der Waals surface area contributed by atoms with Gasteiger partial charge in [0.2, 0.25) is 0 Å². The van der Waals surface area contributed by atoms with Gasteiger partial charge in [-0.1, -0.05) is 121 Å². The Kier molecular flexibility index (Phi) is 7.81. The van der Waals surface area contributed by atoms with Crippen LogP contribution in [0.15, 0.2) is 121 Å². The summed E-state index contributed by atoms with van der Waals surface area (Å²) in [4.78, 5) is 17.3. The van der Waals surface area contributed by atoms with Crippen molar-refractivity contribution in [1.82, 2.24) is 9.80 Å². The first-order valence-corrected chi connectivity index (χ1v) is 15.4. The number of rotatable bonds is 8. The Morgan fingerprint density at radius 2 is 0.750 bits per heavy atom. The highest BCUT2D eigenvalue weighted by Crippen LogP contribution is 2.42. The summed E-state index contributed by atoms with van der Waals surface area (Å²) in [6.45, 7) is 0. The van der Waals surface area contributed by atoms with Gasteiger partial charge in [0, 0.05) is 14.1 Å². The number of nitrogens with zero attached hydrogens (tertiary/aromatic N) is 2. The van der Waals surface area contributed by atoms with Gasteiger partial charge in [-0.15, -0.1) is 0 Å². The molecule has 4 aromatic rings. The molecule has 0 radical (unpaired) electrons. The van der Waals surface area contributed by atoms with E-state index in [1.165, 1.54) is 21.2 Å². The predicted molar refractivity (Wildman–Crippen MR) is 156 cm³/mol. The Morgan fingerprint density at radius 1 is 0.500 bits per heavy atom. The molecule has 1 heterocycles. The van der Waals surface area contributed by atoms with E-state index in [4.69, 9.17) is 0 Å². The van der Waals surface area contributed by atoms with E-state index in [-0.39, 0.29) is 18.1 Å². The summed E-state index contributed by atoms with van der Waals surface area (Å²) in [5.74, 6) is 0. The molecular weight excluding hydrogens is 478 g/mol. The lowest BCUT2D eigenvalue weighted by molar-refractivity contribution is 0.201. The van der Waals surface area contributed by atoms with Crippen LogP contribution < -0.4 is 21.2 Å². The van der Waals surface area contributed by atoms with Crippen molar-refractivity contribution in [3.63, 3.8) is 0 Å². The van der Waals surface area contributed by atoms with Crippen LogP contribution in [0.4, 0.5) is 4.79 Å². The molecular formula is C31H32N2OP2. The lowest BCUT2D eigenvalue weighted by atomic mass is 10.2. The van der Waals surface area contributed by atoms with Gasteiger partial charge in [-0.3, -0.25) is 0 Å². The van der Waals surface area contributed by atoms with Crippen LogP contribution in [0.5, 0.6) is 0 Å². The molecule has 0 N–H and O–H groups in total. The Balaban J connectivity index is 1.50. The van der Waals surface area contributed by atoms with Crippen LogP contribution >= 0.6 is 15.8 Å². The van der Waals surface area contributed by atoms with Crippen molar-refractivity contribution < 1.29 is 4.79 Å². The fourth-order valence-electron chi connectivity index (χ4n) is 5.06. The van der Waals surface area contributed by atoms with Gasteiger partial charge in [-0.25, -0.2) is 4.79 Å². The third kappa shape index (κ3) is 5.24. The highest BCUT2D eigenvalue weighted by molar-refractivity contribution is 7.73. The second kappa shape index (κ2) is 11.4. The van der Waals surface area contributed by atoms with Crippen LogP contribution in [0.2, 0.25) is 0 Å². The van der Waals surface area contributed by atoms with E-state index >= 15 is 0 Å². The quantitative estimate of drug-likeness (QED) is 0.307. The first kappa shape index (κ1) is 24.7. The molecule has 5 rings (SSSR count). The highest BCUT2D eigenvalue weighted by atomic mass is 31.1. The smallest absolute Gasteiger partial charge is 0.320 e. The van der Waals surface area contributed by atoms with Gasteiger partial charge in [0.05, 0.1) is 12.1 Å². The molecule has 0 unspecified atom stereocenters. The van der Waals surface area contributed by atoms with Crippen LogP contribution in [0, 0.1) is 0 Å². The summed E-state index contributed by atoms with van der Waals surface area (Å²) >= 11 is 0. The van der Waals surface area contributed by atoms with Crippen LogP contribution in [-0.4, -0.2) is 54.3 Å². The van der Waals surface area contributed by atoms with Gasteiger partial charge >= 0.3 is 6.03 Å². The molecule has 0 bridgehead atoms. The standard InChI is InChI=1S/C31H32N2OP2/c1-32-29(23-35(25-15-7-3-8-16-25)26-17-9-4-10-18-26)30(33(2)31(32)34)24-36(27-19-11-5-12-20-27)28-21-13-6-14-22-28/h3-22,29-30H,23-24H2,1-2H3/t29-,30-/m1/s1. The number of hydrogen-bond donors (Lipinski definition) is 0. The Labute approximate surface area is 217 Å². The third-order valence-corrected chi connectivity index (χ3v) is 12.2. The number of carbonyl (C=O) groups excluding carboxylic acids is 1. The number of hydrogen-bond acceptors (Lipinski definition) is 1. The molecule has 0 saturated carbocycles. The second-order valence-corrected chi connectivity index (χ2v) is 13.7. The minimum Gasteiger partial charge on any atom is -0.322 e. The average Bonchev–Trinajstić information content (AvgIpc) is 3.14. The first-order chi connectivity index (χ1) is 17.6. The lowest BCUT2D eigenvalue weighted by Crippen LogP contribution is -2.42. The van der Waals surface area contributed by atoms with E-state index in [0.29, 0.717) is 0 Å². The molecule has 1 aliphatic heterocycles. The minimum atomic E-state index is -0.600. The van der Waals surface area contributed by atoms with Gasteiger partial charge in [-0.05, 0) is 49.4 Å². The van der Waals surface area contributed by atoms with Gasteiger partial charge < -0.3 is 9.80 Å². The minimum absolute atomic E-state index is 0.122. The Bertz CT molecular complexity index is 1080. The van der Waals surface area contributed by atoms with E-state index in [1.807, 2.05) is 23.9 Å². The zero-order valence-electron chi connectivity index (χ0n) is 20.8. The molecule has 2 atom stereocenters. The molecule has 5 heteroatoms. The number of benzene rings is 4. The molecule has 0 spiro atoms. The molecule has 4 aromatic carbocycles. The fourth-order valence-corrected chi connectivity index (χ4v) is 10.4. The lowest BCUT2D eigenvalue weighted by Gasteiger charge is -2.32. The van der Waals surface area contributed by atoms with Crippen LogP contribution in [0.1, 0.15) is 0 Å². The summed E-state index contributed by atoms with van der Waals surface area (Å²) in [6.07, 6.45) is 1.90. The maximum Gasteiger partial charge on any atom is 0.320 e. The van der Waals surface area contributed by atoms with Crippen LogP contribution in [-0.2, 0) is 0 Å².